The second-order valence-electron chi connectivity index (χ2n) is 5.39. The van der Waals surface area contributed by atoms with Crippen molar-refractivity contribution in [3.05, 3.63) is 53.1 Å². The normalized spacial score (nSPS) is 10.5. The molecule has 3 N–H and O–H groups in total. The van der Waals surface area contributed by atoms with Crippen molar-refractivity contribution in [2.75, 3.05) is 17.7 Å². The lowest BCUT2D eigenvalue weighted by Gasteiger charge is -2.13. The van der Waals surface area contributed by atoms with Gasteiger partial charge in [-0.05, 0) is 36.2 Å². The highest BCUT2D eigenvalue weighted by Crippen LogP contribution is 2.24. The zero-order valence-electron chi connectivity index (χ0n) is 12.6. The SMILES string of the molecule is CC(C)COc1ccccc1C(=O)Nc1ccc(Cl)c(N)c1. The van der Waals surface area contributed by atoms with Gasteiger partial charge < -0.3 is 15.8 Å². The predicted molar refractivity (Wildman–Crippen MR) is 90.6 cm³/mol. The Morgan fingerprint density at radius 3 is 2.68 bits per heavy atom. The van der Waals surface area contributed by atoms with Gasteiger partial charge in [-0.1, -0.05) is 37.6 Å². The lowest BCUT2D eigenvalue weighted by atomic mass is 10.1. The average Bonchev–Trinajstić information content (AvgIpc) is 2.49. The molecule has 0 heterocycles. The Balaban J connectivity index is 2.16. The summed E-state index contributed by atoms with van der Waals surface area (Å²) in [5.74, 6) is 0.698. The third-order valence-corrected chi connectivity index (χ3v) is 3.30. The topological polar surface area (TPSA) is 64.3 Å². The molecular weight excluding hydrogens is 300 g/mol. The molecule has 1 amide bonds. The number of carbonyl (C=O) groups excluding carboxylic acids is 1. The number of para-hydroxylation sites is 1. The molecule has 0 atom stereocenters. The van der Waals surface area contributed by atoms with E-state index in [1.807, 2.05) is 6.07 Å². The standard InChI is InChI=1S/C17H19ClN2O2/c1-11(2)10-22-16-6-4-3-5-13(16)17(21)20-12-7-8-14(18)15(19)9-12/h3-9,11H,10,19H2,1-2H3,(H,20,21). The molecule has 0 spiro atoms. The predicted octanol–water partition coefficient (Wildman–Crippen LogP) is 4.21. The lowest BCUT2D eigenvalue weighted by molar-refractivity contribution is 0.102. The molecule has 0 radical (unpaired) electrons. The van der Waals surface area contributed by atoms with Gasteiger partial charge in [-0.15, -0.1) is 0 Å². The van der Waals surface area contributed by atoms with Crippen LogP contribution in [0.25, 0.3) is 0 Å². The van der Waals surface area contributed by atoms with E-state index in [0.717, 1.165) is 0 Å². The number of halogens is 1. The van der Waals surface area contributed by atoms with Gasteiger partial charge in [0.05, 0.1) is 22.9 Å². The van der Waals surface area contributed by atoms with Crippen molar-refractivity contribution in [2.45, 2.75) is 13.8 Å². The fourth-order valence-corrected chi connectivity index (χ4v) is 1.97. The minimum atomic E-state index is -0.249. The van der Waals surface area contributed by atoms with Crippen LogP contribution in [-0.2, 0) is 0 Å². The number of carbonyl (C=O) groups is 1. The van der Waals surface area contributed by atoms with Crippen LogP contribution >= 0.6 is 11.6 Å². The Morgan fingerprint density at radius 2 is 2.00 bits per heavy atom. The fraction of sp³-hybridized carbons (Fsp3) is 0.235. The Bertz CT molecular complexity index is 671. The summed E-state index contributed by atoms with van der Waals surface area (Å²) in [5, 5.41) is 3.25. The smallest absolute Gasteiger partial charge is 0.259 e. The van der Waals surface area contributed by atoms with Crippen LogP contribution in [-0.4, -0.2) is 12.5 Å². The van der Waals surface area contributed by atoms with Gasteiger partial charge in [0, 0.05) is 5.69 Å². The van der Waals surface area contributed by atoms with Crippen LogP contribution in [0.15, 0.2) is 42.5 Å². The molecule has 0 aliphatic rings. The number of hydrogen-bond donors (Lipinski definition) is 2. The van der Waals surface area contributed by atoms with Crippen LogP contribution in [0.2, 0.25) is 5.02 Å². The molecular formula is C17H19ClN2O2. The highest BCUT2D eigenvalue weighted by atomic mass is 35.5. The van der Waals surface area contributed by atoms with E-state index in [1.54, 1.807) is 36.4 Å². The summed E-state index contributed by atoms with van der Waals surface area (Å²) in [6.45, 7) is 4.66. The van der Waals surface area contributed by atoms with Crippen LogP contribution in [0.3, 0.4) is 0 Å². The number of benzene rings is 2. The summed E-state index contributed by atoms with van der Waals surface area (Å²) in [6, 6.07) is 12.1. The second-order valence-corrected chi connectivity index (χ2v) is 5.80. The molecule has 116 valence electrons. The quantitative estimate of drug-likeness (QED) is 0.812. The largest absolute Gasteiger partial charge is 0.492 e. The summed E-state index contributed by atoms with van der Waals surface area (Å²) in [5.41, 5.74) is 7.23. The van der Waals surface area contributed by atoms with Gasteiger partial charge in [0.1, 0.15) is 5.75 Å². The molecule has 0 saturated carbocycles. The summed E-state index contributed by atoms with van der Waals surface area (Å²) in [7, 11) is 0. The minimum Gasteiger partial charge on any atom is -0.492 e. The number of hydrogen-bond acceptors (Lipinski definition) is 3. The number of nitrogen functional groups attached to an aromatic ring is 1. The molecule has 22 heavy (non-hydrogen) atoms. The minimum absolute atomic E-state index is 0.249. The van der Waals surface area contributed by atoms with Gasteiger partial charge in [0.25, 0.3) is 5.91 Å². The molecule has 5 heteroatoms. The highest BCUT2D eigenvalue weighted by molar-refractivity contribution is 6.33. The molecule has 0 aromatic heterocycles. The van der Waals surface area contributed by atoms with Crippen LogP contribution in [0.1, 0.15) is 24.2 Å². The summed E-state index contributed by atoms with van der Waals surface area (Å²) >= 11 is 5.87. The first-order chi connectivity index (χ1) is 10.5. The van der Waals surface area contributed by atoms with E-state index in [1.165, 1.54) is 0 Å². The van der Waals surface area contributed by atoms with Crippen LogP contribution in [0.4, 0.5) is 11.4 Å². The van der Waals surface area contributed by atoms with Gasteiger partial charge in [-0.3, -0.25) is 4.79 Å². The first-order valence-electron chi connectivity index (χ1n) is 7.05. The molecule has 2 aromatic rings. The van der Waals surface area contributed by atoms with Crippen LogP contribution in [0.5, 0.6) is 5.75 Å². The lowest BCUT2D eigenvalue weighted by Crippen LogP contribution is -2.15. The highest BCUT2D eigenvalue weighted by Gasteiger charge is 2.13. The Morgan fingerprint density at radius 1 is 1.27 bits per heavy atom. The van der Waals surface area contributed by atoms with E-state index in [4.69, 9.17) is 22.1 Å². The maximum Gasteiger partial charge on any atom is 0.259 e. The number of rotatable bonds is 5. The molecule has 0 fully saturated rings. The summed E-state index contributed by atoms with van der Waals surface area (Å²) in [6.07, 6.45) is 0. The zero-order valence-corrected chi connectivity index (χ0v) is 13.4. The van der Waals surface area contributed by atoms with E-state index < -0.39 is 0 Å². The third-order valence-electron chi connectivity index (χ3n) is 2.96. The van der Waals surface area contributed by atoms with Gasteiger partial charge in [-0.25, -0.2) is 0 Å². The number of anilines is 2. The summed E-state index contributed by atoms with van der Waals surface area (Å²) < 4.78 is 5.69. The number of nitrogens with one attached hydrogen (secondary N) is 1. The first kappa shape index (κ1) is 16.2. The third kappa shape index (κ3) is 4.15. The molecule has 0 unspecified atom stereocenters. The molecule has 0 saturated heterocycles. The van der Waals surface area contributed by atoms with Crippen molar-refractivity contribution in [3.8, 4) is 5.75 Å². The fourth-order valence-electron chi connectivity index (χ4n) is 1.86. The van der Waals surface area contributed by atoms with Crippen LogP contribution in [0, 0.1) is 5.92 Å². The van der Waals surface area contributed by atoms with Gasteiger partial charge in [0.2, 0.25) is 0 Å². The van der Waals surface area contributed by atoms with Gasteiger partial charge in [0.15, 0.2) is 0 Å². The first-order valence-corrected chi connectivity index (χ1v) is 7.43. The number of ether oxygens (including phenoxy) is 1. The average molecular weight is 319 g/mol. The van der Waals surface area contributed by atoms with Crippen molar-refractivity contribution in [1.82, 2.24) is 0 Å². The van der Waals surface area contributed by atoms with E-state index in [-0.39, 0.29) is 5.91 Å². The maximum absolute atomic E-state index is 12.4. The molecule has 2 aromatic carbocycles. The van der Waals surface area contributed by atoms with Crippen molar-refractivity contribution in [2.24, 2.45) is 5.92 Å². The zero-order chi connectivity index (χ0) is 16.1. The molecule has 0 bridgehead atoms. The van der Waals surface area contributed by atoms with Crippen molar-refractivity contribution >= 4 is 28.9 Å². The van der Waals surface area contributed by atoms with Crippen molar-refractivity contribution in [1.29, 1.82) is 0 Å². The molecule has 2 rings (SSSR count). The van der Waals surface area contributed by atoms with E-state index in [0.29, 0.717) is 40.2 Å². The number of nitrogens with two attached hydrogens (primary N) is 1. The second kappa shape index (κ2) is 7.18. The molecule has 0 aliphatic carbocycles. The van der Waals surface area contributed by atoms with Gasteiger partial charge in [-0.2, -0.15) is 0 Å². The van der Waals surface area contributed by atoms with Gasteiger partial charge >= 0.3 is 0 Å². The number of amides is 1. The van der Waals surface area contributed by atoms with Crippen LogP contribution < -0.4 is 15.8 Å². The molecule has 0 aliphatic heterocycles. The Labute approximate surface area is 135 Å². The Hall–Kier alpha value is -2.20. The Kier molecular flexibility index (Phi) is 5.28. The van der Waals surface area contributed by atoms with Crippen molar-refractivity contribution < 1.29 is 9.53 Å². The monoisotopic (exact) mass is 318 g/mol. The van der Waals surface area contributed by atoms with E-state index in [9.17, 15) is 4.79 Å². The molecule has 4 nitrogen and oxygen atoms in total. The van der Waals surface area contributed by atoms with E-state index in [2.05, 4.69) is 19.2 Å². The van der Waals surface area contributed by atoms with E-state index >= 15 is 0 Å². The maximum atomic E-state index is 12.4. The summed E-state index contributed by atoms with van der Waals surface area (Å²) in [4.78, 5) is 12.4. The van der Waals surface area contributed by atoms with Crippen molar-refractivity contribution in [3.63, 3.8) is 0 Å².